The number of allylic oxidation sites excluding steroid dienone is 1. The van der Waals surface area contributed by atoms with Crippen LogP contribution in [0.3, 0.4) is 0 Å². The summed E-state index contributed by atoms with van der Waals surface area (Å²) in [6.45, 7) is 2.46. The van der Waals surface area contributed by atoms with Crippen LogP contribution in [0.2, 0.25) is 0 Å². The summed E-state index contributed by atoms with van der Waals surface area (Å²) in [4.78, 5) is 28.8. The van der Waals surface area contributed by atoms with E-state index >= 15 is 0 Å². The highest BCUT2D eigenvalue weighted by atomic mass is 16.4. The lowest BCUT2D eigenvalue weighted by molar-refractivity contribution is 0.0697. The molecule has 3 aromatic carbocycles. The smallest absolute Gasteiger partial charge is 0.336 e. The maximum Gasteiger partial charge on any atom is 0.336 e. The van der Waals surface area contributed by atoms with Gasteiger partial charge in [-0.15, -0.1) is 5.10 Å². The lowest BCUT2D eigenvalue weighted by Crippen LogP contribution is -2.07. The van der Waals surface area contributed by atoms with Gasteiger partial charge in [0.25, 0.3) is 0 Å². The van der Waals surface area contributed by atoms with Crippen molar-refractivity contribution in [3.63, 3.8) is 0 Å². The van der Waals surface area contributed by atoms with Crippen molar-refractivity contribution in [3.05, 3.63) is 113 Å². The van der Waals surface area contributed by atoms with E-state index in [4.69, 9.17) is 0 Å². The quantitative estimate of drug-likeness (QED) is 0.376. The van der Waals surface area contributed by atoms with Crippen molar-refractivity contribution >= 4 is 17.8 Å². The summed E-state index contributed by atoms with van der Waals surface area (Å²) in [5.74, 6) is -0.415. The Morgan fingerprint density at radius 2 is 1.64 bits per heavy atom. The van der Waals surface area contributed by atoms with Crippen LogP contribution in [0.25, 0.3) is 17.2 Å². The maximum atomic E-state index is 12.8. The molecule has 0 atom stereocenters. The fourth-order valence-corrected chi connectivity index (χ4v) is 3.52. The number of carbonyl (C=O) groups is 2. The second-order valence-electron chi connectivity index (χ2n) is 7.50. The van der Waals surface area contributed by atoms with Crippen LogP contribution in [0.15, 0.2) is 84.9 Å². The summed E-state index contributed by atoms with van der Waals surface area (Å²) in [5.41, 5.74) is 3.25. The Bertz CT molecular complexity index is 1310. The second-order valence-corrected chi connectivity index (χ2v) is 7.50. The number of rotatable bonds is 8. The fourth-order valence-electron chi connectivity index (χ4n) is 3.52. The first-order chi connectivity index (χ1) is 16.1. The van der Waals surface area contributed by atoms with Gasteiger partial charge in [0.1, 0.15) is 0 Å². The molecule has 33 heavy (non-hydrogen) atoms. The maximum absolute atomic E-state index is 12.8. The van der Waals surface area contributed by atoms with Crippen molar-refractivity contribution < 1.29 is 14.7 Å². The number of carboxylic acid groups (broad SMARTS) is 1. The van der Waals surface area contributed by atoms with Gasteiger partial charge < -0.3 is 5.11 Å². The molecule has 0 saturated heterocycles. The van der Waals surface area contributed by atoms with Gasteiger partial charge in [-0.2, -0.15) is 0 Å². The van der Waals surface area contributed by atoms with Crippen LogP contribution >= 0.6 is 0 Å². The lowest BCUT2D eigenvalue weighted by Gasteiger charge is -2.08. The lowest BCUT2D eigenvalue weighted by atomic mass is 9.99. The standard InChI is InChI=1S/C27H23N3O3/c1-2-3-13-24-28-26(25(31)21-9-5-4-6-10-21)29-30(24)18-19-14-16-20(17-15-19)22-11-7-8-12-23(22)27(32)33/h3-17H,2,18H2,1H3,(H,32,33). The number of aromatic nitrogens is 3. The number of benzene rings is 3. The van der Waals surface area contributed by atoms with Gasteiger partial charge in [0.2, 0.25) is 11.6 Å². The van der Waals surface area contributed by atoms with Crippen molar-refractivity contribution in [3.8, 4) is 11.1 Å². The van der Waals surface area contributed by atoms with E-state index in [1.165, 1.54) is 0 Å². The molecule has 0 unspecified atom stereocenters. The highest BCUT2D eigenvalue weighted by Crippen LogP contribution is 2.24. The van der Waals surface area contributed by atoms with E-state index < -0.39 is 5.97 Å². The first-order valence-electron chi connectivity index (χ1n) is 10.7. The first kappa shape index (κ1) is 21.9. The number of aromatic carboxylic acids is 1. The predicted octanol–water partition coefficient (Wildman–Crippen LogP) is 5.35. The minimum atomic E-state index is -0.958. The number of hydrogen-bond donors (Lipinski definition) is 1. The van der Waals surface area contributed by atoms with Crippen LogP contribution in [-0.2, 0) is 6.54 Å². The number of carbonyl (C=O) groups excluding carboxylic acids is 1. The molecular formula is C27H23N3O3. The Kier molecular flexibility index (Phi) is 6.55. The summed E-state index contributed by atoms with van der Waals surface area (Å²) >= 11 is 0. The van der Waals surface area contributed by atoms with Gasteiger partial charge >= 0.3 is 5.97 Å². The van der Waals surface area contributed by atoms with E-state index in [0.717, 1.165) is 17.5 Å². The van der Waals surface area contributed by atoms with Gasteiger partial charge in [-0.1, -0.05) is 85.8 Å². The largest absolute Gasteiger partial charge is 0.478 e. The van der Waals surface area contributed by atoms with Crippen LogP contribution in [0.5, 0.6) is 0 Å². The van der Waals surface area contributed by atoms with Crippen molar-refractivity contribution in [1.29, 1.82) is 0 Å². The zero-order valence-corrected chi connectivity index (χ0v) is 18.2. The normalized spacial score (nSPS) is 11.1. The summed E-state index contributed by atoms with van der Waals surface area (Å²) in [6, 6.07) is 23.6. The van der Waals surface area contributed by atoms with E-state index in [0.29, 0.717) is 23.5 Å². The van der Waals surface area contributed by atoms with Crippen LogP contribution in [-0.4, -0.2) is 31.6 Å². The van der Waals surface area contributed by atoms with E-state index in [-0.39, 0.29) is 17.2 Å². The van der Waals surface area contributed by atoms with Crippen molar-refractivity contribution in [1.82, 2.24) is 14.8 Å². The number of carboxylic acids is 1. The third-order valence-electron chi connectivity index (χ3n) is 5.20. The van der Waals surface area contributed by atoms with E-state index in [1.807, 2.05) is 67.6 Å². The van der Waals surface area contributed by atoms with Gasteiger partial charge in [0.15, 0.2) is 5.82 Å². The summed E-state index contributed by atoms with van der Waals surface area (Å²) in [5, 5.41) is 13.9. The minimum absolute atomic E-state index is 0.156. The number of nitrogens with zero attached hydrogens (tertiary/aromatic N) is 3. The zero-order valence-electron chi connectivity index (χ0n) is 18.2. The van der Waals surface area contributed by atoms with Gasteiger partial charge in [0, 0.05) is 5.56 Å². The molecule has 4 aromatic rings. The fraction of sp³-hybridized carbons (Fsp3) is 0.111. The molecule has 164 valence electrons. The molecular weight excluding hydrogens is 414 g/mol. The summed E-state index contributed by atoms with van der Waals surface area (Å²) in [6.07, 6.45) is 4.68. The van der Waals surface area contributed by atoms with E-state index in [9.17, 15) is 14.7 Å². The summed E-state index contributed by atoms with van der Waals surface area (Å²) in [7, 11) is 0. The van der Waals surface area contributed by atoms with Gasteiger partial charge in [0.05, 0.1) is 12.1 Å². The highest BCUT2D eigenvalue weighted by Gasteiger charge is 2.17. The highest BCUT2D eigenvalue weighted by molar-refractivity contribution is 6.06. The molecule has 6 heteroatoms. The van der Waals surface area contributed by atoms with Crippen LogP contribution < -0.4 is 0 Å². The SMILES string of the molecule is CCC=Cc1nc(C(=O)c2ccccc2)nn1Cc1ccc(-c2ccccc2C(=O)O)cc1. The molecule has 0 bridgehead atoms. The molecule has 1 N–H and O–H groups in total. The van der Waals surface area contributed by atoms with E-state index in [2.05, 4.69) is 10.1 Å². The van der Waals surface area contributed by atoms with Crippen molar-refractivity contribution in [2.75, 3.05) is 0 Å². The molecule has 0 amide bonds. The van der Waals surface area contributed by atoms with Crippen LogP contribution in [0, 0.1) is 0 Å². The first-order valence-corrected chi connectivity index (χ1v) is 10.7. The Hall–Kier alpha value is -4.32. The molecule has 1 heterocycles. The second kappa shape index (κ2) is 9.87. The minimum Gasteiger partial charge on any atom is -0.478 e. The monoisotopic (exact) mass is 437 g/mol. The third-order valence-corrected chi connectivity index (χ3v) is 5.20. The molecule has 0 aliphatic carbocycles. The molecule has 0 radical (unpaired) electrons. The molecule has 0 fully saturated rings. The molecule has 0 aliphatic rings. The van der Waals surface area contributed by atoms with Crippen molar-refractivity contribution in [2.24, 2.45) is 0 Å². The summed E-state index contributed by atoms with van der Waals surface area (Å²) < 4.78 is 1.71. The number of ketones is 1. The average Bonchev–Trinajstić information content (AvgIpc) is 3.25. The van der Waals surface area contributed by atoms with Crippen molar-refractivity contribution in [2.45, 2.75) is 19.9 Å². The van der Waals surface area contributed by atoms with Crippen LogP contribution in [0.1, 0.15) is 51.3 Å². The van der Waals surface area contributed by atoms with Gasteiger partial charge in [-0.05, 0) is 35.3 Å². The Morgan fingerprint density at radius 3 is 2.33 bits per heavy atom. The molecule has 4 rings (SSSR count). The zero-order chi connectivity index (χ0) is 23.2. The molecule has 0 aliphatic heterocycles. The molecule has 0 spiro atoms. The number of hydrogen-bond acceptors (Lipinski definition) is 4. The molecule has 6 nitrogen and oxygen atoms in total. The van der Waals surface area contributed by atoms with Crippen LogP contribution in [0.4, 0.5) is 0 Å². The average molecular weight is 437 g/mol. The Balaban J connectivity index is 1.62. The third kappa shape index (κ3) is 4.96. The Labute approximate surface area is 191 Å². The molecule has 1 aromatic heterocycles. The van der Waals surface area contributed by atoms with Gasteiger partial charge in [-0.25, -0.2) is 14.5 Å². The predicted molar refractivity (Wildman–Crippen MR) is 127 cm³/mol. The van der Waals surface area contributed by atoms with E-state index in [1.54, 1.807) is 35.0 Å². The topological polar surface area (TPSA) is 85.1 Å². The molecule has 0 saturated carbocycles. The van der Waals surface area contributed by atoms with Gasteiger partial charge in [-0.3, -0.25) is 4.79 Å². The Morgan fingerprint density at radius 1 is 0.939 bits per heavy atom.